The molecule has 1 nitrogen and oxygen atoms in total. The summed E-state index contributed by atoms with van der Waals surface area (Å²) < 4.78 is 8.25. The van der Waals surface area contributed by atoms with E-state index in [1.54, 1.807) is 0 Å². The van der Waals surface area contributed by atoms with Crippen molar-refractivity contribution in [2.24, 2.45) is 0 Å². The molecule has 5 heteroatoms. The minimum absolute atomic E-state index is 0. The summed E-state index contributed by atoms with van der Waals surface area (Å²) in [6.07, 6.45) is 7.81. The topological polar surface area (TPSA) is 9.23 Å². The SMILES string of the molecule is C[O][Ti]([CH3])([CH3])([CH3])([CH3])([CH3])([CH3])([C]1=CC=CC1)[SiH](C)C.Cl.Cl. The number of hydrogen-bond donors (Lipinski definition) is 0. The van der Waals surface area contributed by atoms with Crippen molar-refractivity contribution in [1.82, 2.24) is 0 Å². The molecule has 1 aliphatic rings. The van der Waals surface area contributed by atoms with Gasteiger partial charge < -0.3 is 0 Å². The Hall–Kier alpha value is 0.951. The van der Waals surface area contributed by atoms with Gasteiger partial charge >= 0.3 is 99.9 Å². The van der Waals surface area contributed by atoms with Crippen molar-refractivity contribution in [3.8, 4) is 0 Å². The molecule has 1 aliphatic carbocycles. The molecular formula is C14H35Cl2OSiTi. The van der Waals surface area contributed by atoms with Crippen LogP contribution in [-0.4, -0.2) is 13.8 Å². The van der Waals surface area contributed by atoms with Gasteiger partial charge in [0.25, 0.3) is 0 Å². The maximum Gasteiger partial charge on any atom is -0.147 e. The molecule has 19 heavy (non-hydrogen) atoms. The smallest absolute Gasteiger partial charge is 0.147 e. The molecule has 0 saturated heterocycles. The summed E-state index contributed by atoms with van der Waals surface area (Å²) in [5.41, 5.74) is 0. The summed E-state index contributed by atoms with van der Waals surface area (Å²) in [6.45, 7) is 3.69. The summed E-state index contributed by atoms with van der Waals surface area (Å²) in [6, 6.07) is 0. The van der Waals surface area contributed by atoms with E-state index in [9.17, 15) is 0 Å². The van der Waals surface area contributed by atoms with Crippen LogP contribution < -0.4 is 0 Å². The van der Waals surface area contributed by atoms with Crippen LogP contribution in [0.15, 0.2) is 22.1 Å². The van der Waals surface area contributed by atoms with Crippen LogP contribution in [0.5, 0.6) is 0 Å². The summed E-state index contributed by atoms with van der Waals surface area (Å²) in [7, 11) is -2.98. The minimum Gasteiger partial charge on any atom is -0.147 e. The number of allylic oxidation sites excluding steroid dienone is 4. The third-order valence-corrected chi connectivity index (χ3v) is 68.4. The summed E-state index contributed by atoms with van der Waals surface area (Å²) in [5.74, 6) is 0. The zero-order valence-corrected chi connectivity index (χ0v) is 18.6. The molecule has 0 aliphatic heterocycles. The maximum atomic E-state index is 6.73. The zero-order chi connectivity index (χ0) is 14.0. The van der Waals surface area contributed by atoms with Crippen LogP contribution in [0.3, 0.4) is 0 Å². The van der Waals surface area contributed by atoms with Gasteiger partial charge in [0.05, 0.1) is 0 Å². The molecule has 0 fully saturated rings. The van der Waals surface area contributed by atoms with Gasteiger partial charge in [-0.2, -0.15) is 0 Å². The van der Waals surface area contributed by atoms with E-state index in [0.29, 0.717) is 0 Å². The number of hydrogen-bond acceptors (Lipinski definition) is 1. The van der Waals surface area contributed by atoms with Crippen LogP contribution in [0.2, 0.25) is 44.5 Å². The molecule has 0 atom stereocenters. The Morgan fingerprint density at radius 3 is 1.63 bits per heavy atom. The van der Waals surface area contributed by atoms with Crippen molar-refractivity contribution in [2.75, 3.05) is 7.11 Å². The van der Waals surface area contributed by atoms with Crippen molar-refractivity contribution in [2.45, 2.75) is 50.9 Å². The van der Waals surface area contributed by atoms with Gasteiger partial charge in [-0.15, -0.1) is 24.8 Å². The van der Waals surface area contributed by atoms with Crippen LogP contribution in [0, 0.1) is 0 Å². The first-order valence-corrected chi connectivity index (χ1v) is 23.4. The van der Waals surface area contributed by atoms with E-state index >= 15 is 0 Å². The van der Waals surface area contributed by atoms with Gasteiger partial charge in [-0.25, -0.2) is 0 Å². The molecule has 0 unspecified atom stereocenters. The van der Waals surface area contributed by atoms with Gasteiger partial charge in [0.2, 0.25) is 0 Å². The largest absolute Gasteiger partial charge is 0.147 e. The van der Waals surface area contributed by atoms with Gasteiger partial charge in [0.1, 0.15) is 0 Å². The van der Waals surface area contributed by atoms with Crippen molar-refractivity contribution < 1.29 is 13.1 Å². The standard InChI is InChI=1S/C5H5.C2H7Si.CH3O.6CH3.2ClH.Ti/c1-2-4-5-3-1;1-3-2;1-2;;;;;;;;;/h1-3H,4H2;3H,1-2H3;1H3;6*1H3;2*1H;/q;;-1;;;;;;;;;+1. The predicted octanol–water partition coefficient (Wildman–Crippen LogP) is 6.34. The first kappa shape index (κ1) is 22.2. The van der Waals surface area contributed by atoms with Crippen molar-refractivity contribution in [3.05, 3.63) is 22.1 Å². The normalized spacial score (nSPS) is 26.2. The van der Waals surface area contributed by atoms with E-state index in [1.165, 1.54) is 3.88 Å². The first-order chi connectivity index (χ1) is 6.80. The molecule has 0 bridgehead atoms. The fraction of sp³-hybridized carbons (Fsp3) is 0.714. The molecule has 0 aromatic carbocycles. The molecule has 0 saturated carbocycles. The molecule has 1 rings (SSSR count). The molecule has 0 radical (unpaired) electrons. The maximum absolute atomic E-state index is 6.73. The molecule has 119 valence electrons. The summed E-state index contributed by atoms with van der Waals surface area (Å²) >= 11 is 0. The van der Waals surface area contributed by atoms with E-state index in [-0.39, 0.29) is 24.8 Å². The van der Waals surface area contributed by atoms with E-state index < -0.39 is 16.5 Å². The second-order valence-corrected chi connectivity index (χ2v) is 79.3. The Morgan fingerprint density at radius 2 is 1.42 bits per heavy atom. The predicted molar refractivity (Wildman–Crippen MR) is 97.4 cm³/mol. The van der Waals surface area contributed by atoms with Crippen LogP contribution in [0.25, 0.3) is 0 Å². The Labute approximate surface area is 124 Å². The van der Waals surface area contributed by atoms with Crippen molar-refractivity contribution >= 4 is 31.5 Å². The molecule has 0 aromatic heterocycles. The fourth-order valence-electron chi connectivity index (χ4n) is 2.48. The monoisotopic (exact) mass is 365 g/mol. The molecule has 0 spiro atoms. The second kappa shape index (κ2) is 2.66. The summed E-state index contributed by atoms with van der Waals surface area (Å²) in [4.78, 5) is 0. The quantitative estimate of drug-likeness (QED) is 0.530. The van der Waals surface area contributed by atoms with Crippen molar-refractivity contribution in [3.63, 3.8) is 0 Å². The molecule has 0 aromatic rings. The van der Waals surface area contributed by atoms with Crippen LogP contribution in [-0.2, 0) is 13.1 Å². The first-order valence-electron chi connectivity index (χ1n) is 7.02. The minimum atomic E-state index is -4.92. The average Bonchev–Trinajstić information content (AvgIpc) is 2.56. The second-order valence-electron chi connectivity index (χ2n) is 15.0. The Morgan fingerprint density at radius 1 is 1.00 bits per heavy atom. The molecule has 0 N–H and O–H groups in total. The zero-order valence-electron chi connectivity index (χ0n) is 14.2. The molecule has 0 amide bonds. The Bertz CT molecular complexity index is 530. The van der Waals surface area contributed by atoms with Gasteiger partial charge in [-0.1, -0.05) is 0 Å². The van der Waals surface area contributed by atoms with Gasteiger partial charge in [-0.3, -0.25) is 0 Å². The third kappa shape index (κ3) is 2.37. The van der Waals surface area contributed by atoms with Crippen LogP contribution in [0.1, 0.15) is 6.42 Å². The van der Waals surface area contributed by atoms with Crippen LogP contribution in [0.4, 0.5) is 0 Å². The average molecular weight is 366 g/mol. The summed E-state index contributed by atoms with van der Waals surface area (Å²) in [5, 5.41) is 14.9. The Kier molecular flexibility index (Phi) is 3.11. The van der Waals surface area contributed by atoms with Crippen LogP contribution >= 0.6 is 24.8 Å². The Balaban J connectivity index is 0. The third-order valence-electron chi connectivity index (χ3n) is 8.45. The van der Waals surface area contributed by atoms with E-state index in [1.807, 2.05) is 7.11 Å². The van der Waals surface area contributed by atoms with E-state index in [2.05, 4.69) is 62.7 Å². The fourth-order valence-corrected chi connectivity index (χ4v) is 15.0. The molecule has 0 heterocycles. The number of halogens is 2. The molecular weight excluding hydrogens is 331 g/mol. The van der Waals surface area contributed by atoms with Gasteiger partial charge in [0.15, 0.2) is 0 Å². The van der Waals surface area contributed by atoms with Gasteiger partial charge in [0, 0.05) is 0 Å². The van der Waals surface area contributed by atoms with Crippen molar-refractivity contribution in [1.29, 1.82) is 0 Å². The van der Waals surface area contributed by atoms with Gasteiger partial charge in [-0.05, 0) is 0 Å². The van der Waals surface area contributed by atoms with E-state index in [0.717, 1.165) is 6.42 Å². The number of rotatable bonds is 3. The van der Waals surface area contributed by atoms with E-state index in [4.69, 9.17) is 3.32 Å².